The number of aryl methyl sites for hydroxylation is 1. The number of tetrazole rings is 1. The lowest BCUT2D eigenvalue weighted by molar-refractivity contribution is -0.128. The van der Waals surface area contributed by atoms with Gasteiger partial charge in [-0.1, -0.05) is 32.9 Å². The Balaban J connectivity index is 1.91. The van der Waals surface area contributed by atoms with Gasteiger partial charge >= 0.3 is 0 Å². The highest BCUT2D eigenvalue weighted by Crippen LogP contribution is 2.19. The normalized spacial score (nSPS) is 11.2. The number of anilines is 1. The van der Waals surface area contributed by atoms with Gasteiger partial charge in [0.25, 0.3) is 0 Å². The van der Waals surface area contributed by atoms with Gasteiger partial charge in [-0.15, -0.1) is 5.10 Å². The molecule has 128 valence electrons. The fraction of sp³-hybridized carbons (Fsp3) is 0.438. The van der Waals surface area contributed by atoms with Crippen LogP contribution in [0, 0.1) is 5.41 Å². The van der Waals surface area contributed by atoms with Crippen molar-refractivity contribution in [1.82, 2.24) is 25.5 Å². The van der Waals surface area contributed by atoms with Gasteiger partial charge in [-0.3, -0.25) is 9.59 Å². The molecule has 1 heterocycles. The maximum absolute atomic E-state index is 12.0. The van der Waals surface area contributed by atoms with Crippen LogP contribution in [0.2, 0.25) is 0 Å². The molecule has 0 bridgehead atoms. The van der Waals surface area contributed by atoms with Crippen molar-refractivity contribution in [3.05, 3.63) is 24.3 Å². The van der Waals surface area contributed by atoms with E-state index in [0.717, 1.165) is 5.56 Å². The molecule has 0 aliphatic carbocycles. The van der Waals surface area contributed by atoms with Crippen LogP contribution < -0.4 is 10.6 Å². The van der Waals surface area contributed by atoms with E-state index >= 15 is 0 Å². The second-order valence-corrected chi connectivity index (χ2v) is 6.51. The minimum absolute atomic E-state index is 0.0768. The number of benzene rings is 1. The van der Waals surface area contributed by atoms with Gasteiger partial charge in [-0.2, -0.15) is 0 Å². The van der Waals surface area contributed by atoms with Gasteiger partial charge in [0, 0.05) is 36.7 Å². The van der Waals surface area contributed by atoms with Crippen LogP contribution in [0.5, 0.6) is 0 Å². The molecule has 0 aliphatic heterocycles. The number of hydrogen-bond acceptors (Lipinski definition) is 5. The molecule has 1 aromatic heterocycles. The highest BCUT2D eigenvalue weighted by atomic mass is 16.2. The Bertz CT molecular complexity index is 732. The van der Waals surface area contributed by atoms with Crippen molar-refractivity contribution in [2.24, 2.45) is 12.5 Å². The Morgan fingerprint density at radius 1 is 1.25 bits per heavy atom. The molecular weight excluding hydrogens is 308 g/mol. The Kier molecular flexibility index (Phi) is 5.28. The van der Waals surface area contributed by atoms with Gasteiger partial charge in [0.15, 0.2) is 5.82 Å². The van der Waals surface area contributed by atoms with E-state index < -0.39 is 5.41 Å². The van der Waals surface area contributed by atoms with Crippen LogP contribution >= 0.6 is 0 Å². The van der Waals surface area contributed by atoms with Crippen molar-refractivity contribution in [2.75, 3.05) is 11.9 Å². The molecule has 0 saturated heterocycles. The van der Waals surface area contributed by atoms with E-state index in [1.165, 1.54) is 0 Å². The summed E-state index contributed by atoms with van der Waals surface area (Å²) >= 11 is 0. The predicted octanol–water partition coefficient (Wildman–Crippen LogP) is 1.37. The monoisotopic (exact) mass is 330 g/mol. The molecule has 0 saturated carbocycles. The Morgan fingerprint density at radius 3 is 2.62 bits per heavy atom. The van der Waals surface area contributed by atoms with E-state index in [4.69, 9.17) is 0 Å². The molecule has 0 unspecified atom stereocenters. The minimum Gasteiger partial charge on any atom is -0.355 e. The van der Waals surface area contributed by atoms with Gasteiger partial charge in [-0.05, 0) is 22.6 Å². The summed E-state index contributed by atoms with van der Waals surface area (Å²) in [6.45, 7) is 5.79. The summed E-state index contributed by atoms with van der Waals surface area (Å²) in [6, 6.07) is 7.28. The average Bonchev–Trinajstić information content (AvgIpc) is 2.92. The smallest absolute Gasteiger partial charge is 0.226 e. The van der Waals surface area contributed by atoms with Crippen LogP contribution in [0.4, 0.5) is 5.69 Å². The summed E-state index contributed by atoms with van der Waals surface area (Å²) in [5, 5.41) is 16.9. The largest absolute Gasteiger partial charge is 0.355 e. The first-order chi connectivity index (χ1) is 11.3. The van der Waals surface area contributed by atoms with E-state index in [2.05, 4.69) is 26.2 Å². The number of amides is 2. The quantitative estimate of drug-likeness (QED) is 0.862. The topological polar surface area (TPSA) is 102 Å². The second-order valence-electron chi connectivity index (χ2n) is 6.51. The molecule has 0 spiro atoms. The summed E-state index contributed by atoms with van der Waals surface area (Å²) in [6.07, 6.45) is 0.206. The Labute approximate surface area is 140 Å². The summed E-state index contributed by atoms with van der Waals surface area (Å²) < 4.78 is 1.56. The lowest BCUT2D eigenvalue weighted by Gasteiger charge is -2.17. The molecule has 0 radical (unpaired) electrons. The molecule has 0 atom stereocenters. The van der Waals surface area contributed by atoms with Crippen LogP contribution in [0.25, 0.3) is 11.4 Å². The SMILES string of the molecule is Cn1nnnc1-c1cccc(NC(=O)CCNC(=O)C(C)(C)C)c1. The average molecular weight is 330 g/mol. The minimum atomic E-state index is -0.463. The fourth-order valence-corrected chi connectivity index (χ4v) is 1.99. The number of aromatic nitrogens is 4. The number of carbonyl (C=O) groups is 2. The fourth-order valence-electron chi connectivity index (χ4n) is 1.99. The molecule has 2 N–H and O–H groups in total. The first kappa shape index (κ1) is 17.6. The summed E-state index contributed by atoms with van der Waals surface area (Å²) in [5.74, 6) is 0.369. The van der Waals surface area contributed by atoms with E-state index in [0.29, 0.717) is 18.1 Å². The molecule has 24 heavy (non-hydrogen) atoms. The van der Waals surface area contributed by atoms with Crippen molar-refractivity contribution in [3.63, 3.8) is 0 Å². The molecule has 2 rings (SSSR count). The van der Waals surface area contributed by atoms with Crippen LogP contribution in [0.15, 0.2) is 24.3 Å². The molecule has 1 aromatic carbocycles. The molecular formula is C16H22N6O2. The van der Waals surface area contributed by atoms with E-state index in [1.807, 2.05) is 32.9 Å². The van der Waals surface area contributed by atoms with Crippen molar-refractivity contribution in [1.29, 1.82) is 0 Å². The standard InChI is InChI=1S/C16H22N6O2/c1-16(2,3)15(24)17-9-8-13(23)18-12-7-5-6-11(10-12)14-19-20-21-22(14)4/h5-7,10H,8-9H2,1-4H3,(H,17,24)(H,18,23). The number of carbonyl (C=O) groups excluding carboxylic acids is 2. The number of nitrogens with one attached hydrogen (secondary N) is 2. The molecule has 2 aromatic rings. The summed E-state index contributed by atoms with van der Waals surface area (Å²) in [4.78, 5) is 23.7. The van der Waals surface area contributed by atoms with E-state index in [9.17, 15) is 9.59 Å². The zero-order valence-corrected chi connectivity index (χ0v) is 14.3. The number of rotatable bonds is 5. The molecule has 0 fully saturated rings. The predicted molar refractivity (Wildman–Crippen MR) is 89.9 cm³/mol. The molecule has 8 nitrogen and oxygen atoms in total. The zero-order chi connectivity index (χ0) is 17.7. The number of hydrogen-bond donors (Lipinski definition) is 2. The van der Waals surface area contributed by atoms with Gasteiger partial charge in [-0.25, -0.2) is 4.68 Å². The first-order valence-corrected chi connectivity index (χ1v) is 7.68. The second kappa shape index (κ2) is 7.20. The van der Waals surface area contributed by atoms with Crippen LogP contribution in [-0.2, 0) is 16.6 Å². The zero-order valence-electron chi connectivity index (χ0n) is 14.3. The summed E-state index contributed by atoms with van der Waals surface area (Å²) in [5.41, 5.74) is 0.999. The molecule has 0 aliphatic rings. The number of nitrogens with zero attached hydrogens (tertiary/aromatic N) is 4. The Hall–Kier alpha value is -2.77. The van der Waals surface area contributed by atoms with Gasteiger partial charge in [0.05, 0.1) is 0 Å². The molecule has 8 heteroatoms. The lowest BCUT2D eigenvalue weighted by atomic mass is 9.96. The van der Waals surface area contributed by atoms with Crippen molar-refractivity contribution in [3.8, 4) is 11.4 Å². The first-order valence-electron chi connectivity index (χ1n) is 7.68. The van der Waals surface area contributed by atoms with Crippen molar-refractivity contribution < 1.29 is 9.59 Å². The van der Waals surface area contributed by atoms with Crippen LogP contribution in [0.1, 0.15) is 27.2 Å². The van der Waals surface area contributed by atoms with Crippen LogP contribution in [-0.4, -0.2) is 38.6 Å². The van der Waals surface area contributed by atoms with Gasteiger partial charge < -0.3 is 10.6 Å². The van der Waals surface area contributed by atoms with Crippen LogP contribution in [0.3, 0.4) is 0 Å². The van der Waals surface area contributed by atoms with Crippen molar-refractivity contribution >= 4 is 17.5 Å². The van der Waals surface area contributed by atoms with Gasteiger partial charge in [0.1, 0.15) is 0 Å². The third kappa shape index (κ3) is 4.61. The third-order valence-electron chi connectivity index (χ3n) is 3.34. The Morgan fingerprint density at radius 2 is 2.00 bits per heavy atom. The third-order valence-corrected chi connectivity index (χ3v) is 3.34. The maximum atomic E-state index is 12.0. The summed E-state index contributed by atoms with van der Waals surface area (Å²) in [7, 11) is 1.75. The highest BCUT2D eigenvalue weighted by molar-refractivity contribution is 5.92. The molecule has 2 amide bonds. The highest BCUT2D eigenvalue weighted by Gasteiger charge is 2.20. The van der Waals surface area contributed by atoms with E-state index in [1.54, 1.807) is 23.9 Å². The van der Waals surface area contributed by atoms with Gasteiger partial charge in [0.2, 0.25) is 11.8 Å². The lowest BCUT2D eigenvalue weighted by Crippen LogP contribution is -2.36. The van der Waals surface area contributed by atoms with Crippen molar-refractivity contribution in [2.45, 2.75) is 27.2 Å². The maximum Gasteiger partial charge on any atom is 0.226 e. The van der Waals surface area contributed by atoms with E-state index in [-0.39, 0.29) is 18.2 Å².